The molecule has 3 aromatic heterocycles. The number of benzene rings is 10. The zero-order chi connectivity index (χ0) is 45.7. The molecule has 0 spiro atoms. The summed E-state index contributed by atoms with van der Waals surface area (Å²) in [7, 11) is 0. The second kappa shape index (κ2) is 16.8. The van der Waals surface area contributed by atoms with Gasteiger partial charge in [0.05, 0.1) is 39.6 Å². The Kier molecular flexibility index (Phi) is 9.76. The highest BCUT2D eigenvalue weighted by Crippen LogP contribution is 2.46. The van der Waals surface area contributed by atoms with Crippen LogP contribution in [0.15, 0.2) is 261 Å². The second-order valence-electron chi connectivity index (χ2n) is 17.4. The summed E-state index contributed by atoms with van der Waals surface area (Å²) in [5.41, 5.74) is 16.8. The molecule has 0 saturated heterocycles. The molecular formula is C64H43N5. The lowest BCUT2D eigenvalue weighted by atomic mass is 9.99. The van der Waals surface area contributed by atoms with Gasteiger partial charge >= 0.3 is 0 Å². The molecule has 0 N–H and O–H groups in total. The van der Waals surface area contributed by atoms with Crippen LogP contribution < -0.4 is 4.90 Å². The van der Waals surface area contributed by atoms with Gasteiger partial charge in [-0.1, -0.05) is 194 Å². The van der Waals surface area contributed by atoms with Crippen molar-refractivity contribution in [2.45, 2.75) is 0 Å². The van der Waals surface area contributed by atoms with E-state index in [0.29, 0.717) is 5.82 Å². The van der Waals surface area contributed by atoms with Crippen LogP contribution in [-0.4, -0.2) is 19.1 Å². The van der Waals surface area contributed by atoms with Crippen LogP contribution in [0.2, 0.25) is 0 Å². The summed E-state index contributed by atoms with van der Waals surface area (Å²) in [5, 5.41) is 4.81. The summed E-state index contributed by atoms with van der Waals surface area (Å²) in [4.78, 5) is 12.9. The van der Waals surface area contributed by atoms with Crippen molar-refractivity contribution in [1.29, 1.82) is 0 Å². The van der Waals surface area contributed by atoms with Crippen molar-refractivity contribution in [3.8, 4) is 56.3 Å². The van der Waals surface area contributed by atoms with E-state index in [4.69, 9.17) is 9.97 Å². The predicted octanol–water partition coefficient (Wildman–Crippen LogP) is 16.8. The number of nitrogens with zero attached hydrogens (tertiary/aromatic N) is 5. The Hall–Kier alpha value is -9.32. The van der Waals surface area contributed by atoms with Gasteiger partial charge in [0, 0.05) is 61.0 Å². The van der Waals surface area contributed by atoms with Gasteiger partial charge in [-0.3, -0.25) is 0 Å². The van der Waals surface area contributed by atoms with Crippen molar-refractivity contribution in [2.24, 2.45) is 0 Å². The maximum Gasteiger partial charge on any atom is 0.159 e. The molecule has 3 heterocycles. The number of fused-ring (bicyclic) bond motifs is 6. The van der Waals surface area contributed by atoms with Crippen LogP contribution in [0.3, 0.4) is 0 Å². The van der Waals surface area contributed by atoms with E-state index in [1.54, 1.807) is 0 Å². The molecule has 0 amide bonds. The van der Waals surface area contributed by atoms with Gasteiger partial charge in [0.15, 0.2) is 5.82 Å². The molecule has 0 atom stereocenters. The molecule has 5 heteroatoms. The lowest BCUT2D eigenvalue weighted by Gasteiger charge is -2.29. The lowest BCUT2D eigenvalue weighted by molar-refractivity contribution is 1.13. The third kappa shape index (κ3) is 6.95. The molecule has 0 aliphatic heterocycles. The number of rotatable bonds is 9. The molecule has 0 unspecified atom stereocenters. The number of hydrogen-bond acceptors (Lipinski definition) is 3. The fourth-order valence-corrected chi connectivity index (χ4v) is 10.2. The zero-order valence-electron chi connectivity index (χ0n) is 37.6. The minimum Gasteiger partial charge on any atom is -0.309 e. The van der Waals surface area contributed by atoms with Crippen molar-refractivity contribution in [3.63, 3.8) is 0 Å². The number of anilines is 3. The van der Waals surface area contributed by atoms with Crippen molar-refractivity contribution in [3.05, 3.63) is 261 Å². The highest BCUT2D eigenvalue weighted by Gasteiger charge is 2.24. The average Bonchev–Trinajstić information content (AvgIpc) is 3.95. The average molecular weight is 882 g/mol. The van der Waals surface area contributed by atoms with Gasteiger partial charge < -0.3 is 14.0 Å². The smallest absolute Gasteiger partial charge is 0.159 e. The van der Waals surface area contributed by atoms with E-state index in [0.717, 1.165) is 89.6 Å². The zero-order valence-corrected chi connectivity index (χ0v) is 37.6. The first-order valence-corrected chi connectivity index (χ1v) is 23.4. The standard InChI is InChI=1S/C64H43N5/c1-5-20-44(21-6-1)45-36-38-50(39-37-45)67(61-43-65-64(47-24-9-3-10-25-47)66-62(61)46-22-7-2-8-23-46)51-40-48(41-52(42-51)68-58-33-16-13-28-54(58)55-29-14-17-34-59(55)68)53-31-19-32-57-56-30-15-18-35-60(56)69(63(53)57)49-26-11-4-12-27-49/h1-43H. The Balaban J connectivity index is 1.14. The number of para-hydroxylation sites is 5. The lowest BCUT2D eigenvalue weighted by Crippen LogP contribution is -2.14. The number of hydrogen-bond donors (Lipinski definition) is 0. The van der Waals surface area contributed by atoms with Gasteiger partial charge in [0.1, 0.15) is 0 Å². The van der Waals surface area contributed by atoms with Crippen LogP contribution in [0, 0.1) is 0 Å². The SMILES string of the molecule is c1ccc(-c2ccc(N(c3cc(-c4cccc5c6ccccc6n(-c6ccccc6)c45)cc(-n4c5ccccc5c5ccccc54)c3)c3cnc(-c4ccccc4)nc3-c3ccccc3)cc2)cc1. The first kappa shape index (κ1) is 40.0. The molecule has 5 nitrogen and oxygen atoms in total. The molecule has 0 fully saturated rings. The summed E-state index contributed by atoms with van der Waals surface area (Å²) in [6, 6.07) is 90.9. The highest BCUT2D eigenvalue weighted by atomic mass is 15.2. The Morgan fingerprint density at radius 2 is 0.841 bits per heavy atom. The molecule has 13 aromatic rings. The van der Waals surface area contributed by atoms with E-state index in [9.17, 15) is 0 Å². The van der Waals surface area contributed by atoms with E-state index in [-0.39, 0.29) is 0 Å². The van der Waals surface area contributed by atoms with Crippen molar-refractivity contribution in [2.75, 3.05) is 4.90 Å². The van der Waals surface area contributed by atoms with Crippen LogP contribution in [0.1, 0.15) is 0 Å². The molecule has 13 rings (SSSR count). The first-order chi connectivity index (χ1) is 34.2. The van der Waals surface area contributed by atoms with Crippen molar-refractivity contribution >= 4 is 60.7 Å². The maximum absolute atomic E-state index is 5.43. The largest absolute Gasteiger partial charge is 0.309 e. The Bertz CT molecular complexity index is 3940. The van der Waals surface area contributed by atoms with E-state index in [2.05, 4.69) is 251 Å². The summed E-state index contributed by atoms with van der Waals surface area (Å²) in [5.74, 6) is 0.665. The van der Waals surface area contributed by atoms with Crippen molar-refractivity contribution < 1.29 is 0 Å². The minimum absolute atomic E-state index is 0.665. The Morgan fingerprint density at radius 1 is 0.333 bits per heavy atom. The van der Waals surface area contributed by atoms with Crippen molar-refractivity contribution in [1.82, 2.24) is 19.1 Å². The van der Waals surface area contributed by atoms with E-state index >= 15 is 0 Å². The van der Waals surface area contributed by atoms with Gasteiger partial charge in [-0.25, -0.2) is 9.97 Å². The first-order valence-electron chi connectivity index (χ1n) is 23.4. The van der Waals surface area contributed by atoms with Gasteiger partial charge in [-0.2, -0.15) is 0 Å². The van der Waals surface area contributed by atoms with Crippen LogP contribution in [-0.2, 0) is 0 Å². The molecule has 0 saturated carbocycles. The summed E-state index contributed by atoms with van der Waals surface area (Å²) < 4.78 is 4.85. The summed E-state index contributed by atoms with van der Waals surface area (Å²) >= 11 is 0. The topological polar surface area (TPSA) is 38.9 Å². The maximum atomic E-state index is 5.43. The fourth-order valence-electron chi connectivity index (χ4n) is 10.2. The quantitative estimate of drug-likeness (QED) is 0.145. The van der Waals surface area contributed by atoms with Gasteiger partial charge in [0.25, 0.3) is 0 Å². The second-order valence-corrected chi connectivity index (χ2v) is 17.4. The molecular weight excluding hydrogens is 839 g/mol. The predicted molar refractivity (Wildman–Crippen MR) is 287 cm³/mol. The third-order valence-corrected chi connectivity index (χ3v) is 13.3. The Morgan fingerprint density at radius 3 is 1.48 bits per heavy atom. The van der Waals surface area contributed by atoms with Gasteiger partial charge in [-0.15, -0.1) is 0 Å². The molecule has 0 aliphatic rings. The summed E-state index contributed by atoms with van der Waals surface area (Å²) in [6.45, 7) is 0. The molecule has 10 aromatic carbocycles. The van der Waals surface area contributed by atoms with Crippen LogP contribution in [0.25, 0.3) is 99.9 Å². The van der Waals surface area contributed by atoms with Crippen LogP contribution >= 0.6 is 0 Å². The third-order valence-electron chi connectivity index (χ3n) is 13.3. The number of aromatic nitrogens is 4. The van der Waals surface area contributed by atoms with E-state index in [1.807, 2.05) is 24.4 Å². The van der Waals surface area contributed by atoms with Crippen LogP contribution in [0.5, 0.6) is 0 Å². The normalized spacial score (nSPS) is 11.5. The van der Waals surface area contributed by atoms with Gasteiger partial charge in [0.2, 0.25) is 0 Å². The molecule has 0 aliphatic carbocycles. The molecule has 0 bridgehead atoms. The molecule has 0 radical (unpaired) electrons. The van der Waals surface area contributed by atoms with E-state index in [1.165, 1.54) is 21.5 Å². The summed E-state index contributed by atoms with van der Waals surface area (Å²) in [6.07, 6.45) is 2.00. The Labute approximate surface area is 400 Å². The fraction of sp³-hybridized carbons (Fsp3) is 0. The molecule has 324 valence electrons. The van der Waals surface area contributed by atoms with E-state index < -0.39 is 0 Å². The highest BCUT2D eigenvalue weighted by molar-refractivity contribution is 6.14. The monoisotopic (exact) mass is 881 g/mol. The van der Waals surface area contributed by atoms with Gasteiger partial charge in [-0.05, 0) is 77.4 Å². The molecule has 69 heavy (non-hydrogen) atoms. The van der Waals surface area contributed by atoms with Crippen LogP contribution in [0.4, 0.5) is 17.1 Å². The minimum atomic E-state index is 0.665.